The van der Waals surface area contributed by atoms with Crippen molar-refractivity contribution in [2.45, 2.75) is 90.6 Å². The third-order valence-corrected chi connectivity index (χ3v) is 21.2. The highest BCUT2D eigenvalue weighted by atomic mass is 32.2. The van der Waals surface area contributed by atoms with Gasteiger partial charge in [0, 0.05) is 65.6 Å². The quantitative estimate of drug-likeness (QED) is 0.0495. The first kappa shape index (κ1) is 55.9. The van der Waals surface area contributed by atoms with Gasteiger partial charge >= 0.3 is 0 Å². The lowest BCUT2D eigenvalue weighted by molar-refractivity contribution is 0.0764. The summed E-state index contributed by atoms with van der Waals surface area (Å²) >= 11 is 0. The molecular weight excluding hydrogens is 1050 g/mol. The molecular formula is C56H62F2N6O10S2Si. The number of anilines is 2. The number of phenolic OH excluding ortho intramolecular Hbond substituents is 1. The Morgan fingerprint density at radius 3 is 1.69 bits per heavy atom. The number of pyridine rings is 2. The van der Waals surface area contributed by atoms with Gasteiger partial charge in [-0.25, -0.2) is 25.6 Å². The molecule has 4 N–H and O–H groups in total. The summed E-state index contributed by atoms with van der Waals surface area (Å²) in [5.74, 6) is -0.123. The molecule has 5 aromatic carbocycles. The van der Waals surface area contributed by atoms with Gasteiger partial charge in [0.05, 0.1) is 49.2 Å². The molecule has 21 heteroatoms. The Labute approximate surface area is 448 Å². The van der Waals surface area contributed by atoms with E-state index in [0.717, 1.165) is 40.3 Å². The van der Waals surface area contributed by atoms with E-state index in [2.05, 4.69) is 61.3 Å². The largest absolute Gasteiger partial charge is 0.541 e. The van der Waals surface area contributed by atoms with Gasteiger partial charge in [0.1, 0.15) is 39.9 Å². The zero-order valence-corrected chi connectivity index (χ0v) is 47.1. The molecule has 0 saturated heterocycles. The molecule has 77 heavy (non-hydrogen) atoms. The van der Waals surface area contributed by atoms with Crippen LogP contribution in [0.5, 0.6) is 23.0 Å². The van der Waals surface area contributed by atoms with Crippen molar-refractivity contribution in [1.29, 1.82) is 0 Å². The maximum absolute atomic E-state index is 14.6. The van der Waals surface area contributed by atoms with Crippen molar-refractivity contribution in [2.24, 2.45) is 0 Å². The van der Waals surface area contributed by atoms with E-state index in [9.17, 15) is 40.3 Å². The Kier molecular flexibility index (Phi) is 15.9. The van der Waals surface area contributed by atoms with Crippen LogP contribution in [0.3, 0.4) is 0 Å². The molecule has 4 heterocycles. The molecule has 2 amide bonds. The Balaban J connectivity index is 0.000000236. The van der Waals surface area contributed by atoms with Gasteiger partial charge in [-0.3, -0.25) is 29.0 Å². The molecule has 0 atom stereocenters. The van der Waals surface area contributed by atoms with E-state index in [1.165, 1.54) is 30.5 Å². The van der Waals surface area contributed by atoms with Crippen LogP contribution >= 0.6 is 0 Å². The van der Waals surface area contributed by atoms with Crippen molar-refractivity contribution in [1.82, 2.24) is 20.2 Å². The number of hydrogen-bond donors (Lipinski definition) is 4. The molecule has 0 aliphatic carbocycles. The zero-order chi connectivity index (χ0) is 55.9. The highest BCUT2D eigenvalue weighted by Crippen LogP contribution is 2.50. The van der Waals surface area contributed by atoms with Gasteiger partial charge in [-0.2, -0.15) is 0 Å². The number of ether oxygens (including phenoxy) is 2. The number of aromatic hydroxyl groups is 1. The van der Waals surface area contributed by atoms with E-state index < -0.39 is 34.3 Å². The maximum Gasteiger partial charge on any atom is 0.258 e. The summed E-state index contributed by atoms with van der Waals surface area (Å²) in [6.45, 7) is 13.5. The summed E-state index contributed by atoms with van der Waals surface area (Å²) in [5, 5.41) is 14.0. The minimum Gasteiger partial charge on any atom is -0.541 e. The van der Waals surface area contributed by atoms with Crippen LogP contribution in [0, 0.1) is 11.6 Å². The molecule has 0 saturated carbocycles. The molecule has 0 radical (unpaired) electrons. The molecule has 16 nitrogen and oxygen atoms in total. The Hall–Kier alpha value is -7.36. The SMILES string of the molecule is COc1ccc(CN2Cc3c(c(O[Si](C(C)C)(C(C)C)C(C)C)c4ncc(Cc5ccc(F)cc5)cc4c3NS(C)(=O)=O)C2=O)c(OC)c1.CS(=O)(=O)Nc1c2c(c(O)c3ncc(Cc4ccc(F)cc4)cc13)C(=O)NC2. The van der Waals surface area contributed by atoms with E-state index in [-0.39, 0.29) is 76.3 Å². The van der Waals surface area contributed by atoms with Gasteiger partial charge in [-0.15, -0.1) is 0 Å². The van der Waals surface area contributed by atoms with Crippen molar-refractivity contribution in [3.63, 3.8) is 0 Å². The number of aromatic nitrogens is 2. The number of benzene rings is 5. The molecule has 0 spiro atoms. The normalized spacial score (nSPS) is 13.5. The van der Waals surface area contributed by atoms with Crippen molar-refractivity contribution in [3.8, 4) is 23.0 Å². The number of carbonyl (C=O) groups is 2. The lowest BCUT2D eigenvalue weighted by atomic mass is 9.99. The second-order valence-electron chi connectivity index (χ2n) is 20.4. The molecule has 2 aliphatic heterocycles. The van der Waals surface area contributed by atoms with Crippen LogP contribution in [-0.2, 0) is 52.5 Å². The summed E-state index contributed by atoms with van der Waals surface area (Å²) in [5.41, 5.74) is 6.95. The minimum absolute atomic E-state index is 0.0254. The van der Waals surface area contributed by atoms with Crippen LogP contribution in [0.2, 0.25) is 16.6 Å². The third kappa shape index (κ3) is 11.7. The fourth-order valence-electron chi connectivity index (χ4n) is 10.8. The van der Waals surface area contributed by atoms with E-state index in [4.69, 9.17) is 18.9 Å². The number of nitrogens with one attached hydrogen (secondary N) is 3. The summed E-state index contributed by atoms with van der Waals surface area (Å²) in [4.78, 5) is 37.5. The average Bonchev–Trinajstić information content (AvgIpc) is 4.00. The summed E-state index contributed by atoms with van der Waals surface area (Å²) in [6, 6.07) is 21.3. The van der Waals surface area contributed by atoms with Crippen molar-refractivity contribution in [2.75, 3.05) is 36.2 Å². The fourth-order valence-corrected chi connectivity index (χ4v) is 17.2. The second kappa shape index (κ2) is 21.9. The lowest BCUT2D eigenvalue weighted by Crippen LogP contribution is -2.51. The van der Waals surface area contributed by atoms with Crippen LogP contribution in [0.25, 0.3) is 21.8 Å². The highest BCUT2D eigenvalue weighted by Gasteiger charge is 2.49. The van der Waals surface area contributed by atoms with E-state index >= 15 is 0 Å². The Morgan fingerprint density at radius 1 is 0.688 bits per heavy atom. The Morgan fingerprint density at radius 2 is 1.19 bits per heavy atom. The van der Waals surface area contributed by atoms with Gasteiger partial charge in [-0.05, 0) is 100 Å². The number of methoxy groups -OCH3 is 2. The number of hydrogen-bond acceptors (Lipinski definition) is 12. The molecule has 0 fully saturated rings. The van der Waals surface area contributed by atoms with Crippen LogP contribution < -0.4 is 28.7 Å². The molecule has 406 valence electrons. The number of nitrogens with zero attached hydrogens (tertiary/aromatic N) is 3. The second-order valence-corrected chi connectivity index (χ2v) is 29.3. The first-order chi connectivity index (χ1) is 36.3. The molecule has 2 aromatic heterocycles. The average molecular weight is 1110 g/mol. The van der Waals surface area contributed by atoms with Gasteiger partial charge in [0.25, 0.3) is 20.1 Å². The summed E-state index contributed by atoms with van der Waals surface area (Å²) in [6.07, 6.45) is 6.25. The first-order valence-corrected chi connectivity index (χ1v) is 30.8. The van der Waals surface area contributed by atoms with Crippen LogP contribution in [0.4, 0.5) is 20.2 Å². The number of amides is 2. The number of sulfonamides is 2. The van der Waals surface area contributed by atoms with Crippen LogP contribution in [0.15, 0.2) is 91.3 Å². The number of phenols is 1. The number of fused-ring (bicyclic) bond motifs is 4. The first-order valence-electron chi connectivity index (χ1n) is 24.9. The smallest absolute Gasteiger partial charge is 0.258 e. The van der Waals surface area contributed by atoms with Crippen molar-refractivity contribution < 1.29 is 54.2 Å². The number of halogens is 2. The molecule has 7 aromatic rings. The van der Waals surface area contributed by atoms with E-state index in [1.54, 1.807) is 61.7 Å². The third-order valence-electron chi connectivity index (χ3n) is 14.1. The van der Waals surface area contributed by atoms with Gasteiger partial charge in [-0.1, -0.05) is 65.8 Å². The topological polar surface area (TPSA) is 215 Å². The van der Waals surface area contributed by atoms with E-state index in [0.29, 0.717) is 68.8 Å². The fraction of sp³-hybridized carbons (Fsp3) is 0.321. The van der Waals surface area contributed by atoms with Crippen LogP contribution in [-0.4, -0.2) is 83.7 Å². The van der Waals surface area contributed by atoms with Crippen molar-refractivity contribution in [3.05, 3.63) is 153 Å². The molecule has 0 unspecified atom stereocenters. The van der Waals surface area contributed by atoms with Gasteiger partial charge < -0.3 is 29.2 Å². The Bertz CT molecular complexity index is 3660. The summed E-state index contributed by atoms with van der Waals surface area (Å²) < 4.78 is 99.9. The molecule has 2 aliphatic rings. The number of rotatable bonds is 17. The van der Waals surface area contributed by atoms with Gasteiger partial charge in [0.2, 0.25) is 20.0 Å². The molecule has 0 bridgehead atoms. The summed E-state index contributed by atoms with van der Waals surface area (Å²) in [7, 11) is -6.92. The van der Waals surface area contributed by atoms with E-state index in [1.807, 2.05) is 18.2 Å². The minimum atomic E-state index is -3.78. The maximum atomic E-state index is 14.6. The molecule has 9 rings (SSSR count). The predicted octanol–water partition coefficient (Wildman–Crippen LogP) is 10.3. The van der Waals surface area contributed by atoms with Gasteiger partial charge in [0.15, 0.2) is 5.75 Å². The highest BCUT2D eigenvalue weighted by molar-refractivity contribution is 7.92. The predicted molar refractivity (Wildman–Crippen MR) is 296 cm³/mol. The zero-order valence-electron chi connectivity index (χ0n) is 44.5. The van der Waals surface area contributed by atoms with Crippen molar-refractivity contribution >= 4 is 73.4 Å². The monoisotopic (exact) mass is 1110 g/mol. The number of carbonyl (C=O) groups excluding carboxylic acids is 2. The van der Waals surface area contributed by atoms with Crippen LogP contribution in [0.1, 0.15) is 101 Å². The standard InChI is InChI=1S/C37H46FN3O6SSi.C19H16FN3O4S/c1-22(2)49(23(3)4,24(5)6)47-36-33-31(21-41(37(33)42)20-27-12-15-29(45-7)18-32(27)46-8)34(40-48(9,43)44)30-17-26(19-39-35(30)36)16-25-10-13-28(38)14-11-25;1-28(26,27)23-16-13-7-11(6-10-2-4-12(20)5-3-10)8-21-17(13)18(24)15-14(16)9-22-19(15)25/h10-15,17-19,22-24,40H,16,20-21H2,1-9H3;2-5,7-8,23-24H,6,9H2,1H3,(H,22,25). The lowest BCUT2D eigenvalue weighted by Gasteiger charge is -2.42.